The molecule has 0 saturated carbocycles. The number of aromatic nitrogens is 2. The van der Waals surface area contributed by atoms with Crippen LogP contribution in [0.25, 0.3) is 110 Å². The van der Waals surface area contributed by atoms with Crippen LogP contribution in [0.2, 0.25) is 0 Å². The lowest BCUT2D eigenvalue weighted by Gasteiger charge is -2.32. The first kappa shape index (κ1) is 89.4. The molecule has 0 fully saturated rings. The van der Waals surface area contributed by atoms with Crippen molar-refractivity contribution < 1.29 is 22.1 Å². The lowest BCUT2D eigenvalue weighted by Crippen LogP contribution is -2.36. The van der Waals surface area contributed by atoms with Gasteiger partial charge in [0.25, 0.3) is 0 Å². The summed E-state index contributed by atoms with van der Waals surface area (Å²) in [5, 5.41) is 11.6. The topological polar surface area (TPSA) is 124 Å². The van der Waals surface area contributed by atoms with Gasteiger partial charge in [-0.05, 0) is 262 Å². The minimum Gasteiger partial charge on any atom is -0.454 e. The molecule has 7 aromatic heterocycles. The molecule has 0 N–H and O–H groups in total. The maximum atomic E-state index is 6.47. The Kier molecular flexibility index (Phi) is 22.1. The first-order valence-electron chi connectivity index (χ1n) is 49.9. The zero-order chi connectivity index (χ0) is 98.5. The van der Waals surface area contributed by atoms with Crippen LogP contribution in [0.5, 0.6) is 0 Å². The van der Waals surface area contributed by atoms with Gasteiger partial charge < -0.3 is 71.1 Å². The summed E-state index contributed by atoms with van der Waals surface area (Å²) in [6.45, 7) is 30.7. The third-order valence-corrected chi connectivity index (χ3v) is 30.1. The molecule has 0 saturated heterocycles. The van der Waals surface area contributed by atoms with E-state index < -0.39 is 0 Å². The molecular formula is C127H112N12O5. The Labute approximate surface area is 838 Å². The number of furan rings is 5. The lowest BCUT2D eigenvalue weighted by molar-refractivity contribution is 0.660. The number of hydrogen-bond donors (Lipinski definition) is 0. The van der Waals surface area contributed by atoms with Crippen molar-refractivity contribution in [2.75, 3.05) is 63.1 Å². The third kappa shape index (κ3) is 14.5. The van der Waals surface area contributed by atoms with Crippen molar-refractivity contribution in [2.24, 2.45) is 0 Å². The Morgan fingerprint density at radius 1 is 0.194 bits per heavy atom. The van der Waals surface area contributed by atoms with Gasteiger partial charge in [-0.1, -0.05) is 231 Å². The van der Waals surface area contributed by atoms with Crippen LogP contribution in [-0.2, 0) is 0 Å². The largest absolute Gasteiger partial charge is 0.454 e. The highest BCUT2D eigenvalue weighted by atomic mass is 16.3. The molecule has 23 aromatic rings. The van der Waals surface area contributed by atoms with Gasteiger partial charge in [-0.15, -0.1) is 0 Å². The second kappa shape index (κ2) is 35.6. The molecule has 0 aliphatic carbocycles. The average Bonchev–Trinajstić information content (AvgIpc) is 1.65. The number of pyridine rings is 2. The first-order valence-corrected chi connectivity index (χ1v) is 49.9. The van der Waals surface area contributed by atoms with Crippen LogP contribution in [-0.4, -0.2) is 54.9 Å². The molecule has 16 aromatic carbocycles. The summed E-state index contributed by atoms with van der Waals surface area (Å²) in [6.07, 6.45) is 4.36. The number of nitrogens with zero attached hydrogens (tertiary/aromatic N) is 12. The van der Waals surface area contributed by atoms with E-state index in [2.05, 4.69) is 455 Å². The van der Waals surface area contributed by atoms with E-state index in [0.29, 0.717) is 0 Å². The number of hydrogen-bond acceptors (Lipinski definition) is 17. The van der Waals surface area contributed by atoms with Crippen molar-refractivity contribution in [1.29, 1.82) is 0 Å². The number of aryl methyl sites for hydroxylation is 9. The van der Waals surface area contributed by atoms with E-state index in [1.807, 2.05) is 73.1 Å². The molecule has 28 rings (SSSR count). The van der Waals surface area contributed by atoms with Gasteiger partial charge in [-0.3, -0.25) is 0 Å². The molecule has 0 bridgehead atoms. The summed E-state index contributed by atoms with van der Waals surface area (Å²) < 4.78 is 31.9. The highest BCUT2D eigenvalue weighted by molar-refractivity contribution is 6.16. The minimum absolute atomic E-state index is 0.102. The first-order chi connectivity index (χ1) is 70.2. The standard InChI is InChI=1S/2C29H26N2O.C27H22N2O.2C21H19N3O/c1-18-10-9-11-19(2)27(18)30-21(4)31(25-14-7-6-13-24(25)30)28-20(3)16-17-23-22-12-5-8-15-26(22)32-29(23)28;1-18-15-19(2)17-22(16-18)30-21(4)31(26-11-7-6-10-25(26)30)28-20(3)13-14-24-23-9-5-8-12-27(23)32-29(24)28;1-18-16-17-22-21-12-6-9-15-25(21)30-27(22)26(18)29-19(2)28(20-10-4-3-5-11-20)23-13-7-8-14-24(23)29;2*1-13-10-11-16-15-7-4-5-9-18(15)25-20(16)19(13)24-14(2)23(3)17-8-6-12-22-21(17)24/h2*5-17,21H,1-4H3;3-17,19H,1-2H3;2*4-12,14H,1-3H3/t2*21-;19-;2*14-/m11111/s1. The maximum absolute atomic E-state index is 6.47. The lowest BCUT2D eigenvalue weighted by atomic mass is 10.1. The van der Waals surface area contributed by atoms with Crippen molar-refractivity contribution in [3.05, 3.63) is 408 Å². The molecule has 5 aliphatic rings. The zero-order valence-corrected chi connectivity index (χ0v) is 83.9. The number of para-hydroxylation sites is 13. The molecule has 17 nitrogen and oxygen atoms in total. The van der Waals surface area contributed by atoms with Crippen LogP contribution in [0.4, 0.5) is 103 Å². The van der Waals surface area contributed by atoms with Gasteiger partial charge in [0.2, 0.25) is 0 Å². The smallest absolute Gasteiger partial charge is 0.159 e. The fraction of sp³-hybridized carbons (Fsp3) is 0.165. The van der Waals surface area contributed by atoms with Crippen LogP contribution in [0.3, 0.4) is 0 Å². The summed E-state index contributed by atoms with van der Waals surface area (Å²) >= 11 is 0. The second-order valence-electron chi connectivity index (χ2n) is 39.0. The van der Waals surface area contributed by atoms with Gasteiger partial charge >= 0.3 is 0 Å². The Hall–Kier alpha value is -17.2. The number of rotatable bonds is 8. The van der Waals surface area contributed by atoms with Crippen LogP contribution in [0.15, 0.2) is 380 Å². The SMILES string of the molecule is Cc1cc(C)cc(N2c3ccccc3N(c3c(C)ccc4c3oc3ccccc34)[C@@H]2C)c1.Cc1ccc2c(oc3ccccc32)c1N1c2ccccc2N(c2ccccc2)[C@H]1C.Cc1ccc2c(oc3ccccc32)c1N1c2ncccc2N(C)[C@H]1C.Cc1ccc2c(oc3ccccc32)c1N1c2ncccc2N(C)[C@H]1C.Cc1cccc(C)c1N1c2ccccc2N(c2c(C)ccc3c2oc2ccccc23)[C@@H]1C. The molecule has 0 radical (unpaired) electrons. The number of benzene rings is 16. The van der Waals surface area contributed by atoms with Crippen molar-refractivity contribution in [1.82, 2.24) is 9.97 Å². The molecular weight excluding hydrogens is 1770 g/mol. The predicted octanol–water partition coefficient (Wildman–Crippen LogP) is 34.3. The summed E-state index contributed by atoms with van der Waals surface area (Å²) in [6, 6.07) is 121. The molecule has 5 aliphatic heterocycles. The number of fused-ring (bicyclic) bond motifs is 20. The van der Waals surface area contributed by atoms with Crippen LogP contribution >= 0.6 is 0 Å². The Balaban J connectivity index is 0.0000000972. The summed E-state index contributed by atoms with van der Waals surface area (Å²) in [7, 11) is 4.22. The average molecular weight is 1890 g/mol. The monoisotopic (exact) mass is 1880 g/mol. The highest BCUT2D eigenvalue weighted by Crippen LogP contribution is 2.58. The van der Waals surface area contributed by atoms with E-state index in [1.54, 1.807) is 0 Å². The van der Waals surface area contributed by atoms with Crippen molar-refractivity contribution in [3.8, 4) is 0 Å². The molecule has 144 heavy (non-hydrogen) atoms. The van der Waals surface area contributed by atoms with Gasteiger partial charge in [0.15, 0.2) is 39.6 Å². The Bertz CT molecular complexity index is 8780. The highest BCUT2D eigenvalue weighted by Gasteiger charge is 2.43. The van der Waals surface area contributed by atoms with Gasteiger partial charge in [-0.25, -0.2) is 9.97 Å². The van der Waals surface area contributed by atoms with Crippen molar-refractivity contribution in [2.45, 2.75) is 128 Å². The second-order valence-corrected chi connectivity index (χ2v) is 39.0. The minimum atomic E-state index is 0.102. The molecule has 5 atom stereocenters. The Morgan fingerprint density at radius 3 is 0.750 bits per heavy atom. The zero-order valence-electron chi connectivity index (χ0n) is 83.9. The predicted molar refractivity (Wildman–Crippen MR) is 600 cm³/mol. The summed E-state index contributed by atoms with van der Waals surface area (Å²) in [4.78, 5) is 33.0. The van der Waals surface area contributed by atoms with E-state index in [9.17, 15) is 0 Å². The Morgan fingerprint density at radius 2 is 0.438 bits per heavy atom. The van der Waals surface area contributed by atoms with Crippen molar-refractivity contribution >= 4 is 212 Å². The molecule has 0 amide bonds. The van der Waals surface area contributed by atoms with E-state index in [1.165, 1.54) is 101 Å². The summed E-state index contributed by atoms with van der Waals surface area (Å²) in [5.41, 5.74) is 39.4. The van der Waals surface area contributed by atoms with Gasteiger partial charge in [-0.2, -0.15) is 0 Å². The fourth-order valence-electron chi connectivity index (χ4n) is 23.2. The van der Waals surface area contributed by atoms with E-state index in [4.69, 9.17) is 22.1 Å². The normalized spacial score (nSPS) is 16.1. The number of anilines is 18. The maximum Gasteiger partial charge on any atom is 0.159 e. The van der Waals surface area contributed by atoms with E-state index >= 15 is 0 Å². The molecule has 0 unspecified atom stereocenters. The third-order valence-electron chi connectivity index (χ3n) is 30.1. The van der Waals surface area contributed by atoms with Crippen molar-refractivity contribution in [3.63, 3.8) is 0 Å². The molecule has 17 heteroatoms. The van der Waals surface area contributed by atoms with E-state index in [-0.39, 0.29) is 30.8 Å². The molecule has 710 valence electrons. The quantitative estimate of drug-likeness (QED) is 0.143. The van der Waals surface area contributed by atoms with Gasteiger partial charge in [0.05, 0.1) is 73.9 Å². The van der Waals surface area contributed by atoms with Crippen LogP contribution in [0.1, 0.15) is 84.7 Å². The summed E-state index contributed by atoms with van der Waals surface area (Å²) in [5.74, 6) is 1.96. The van der Waals surface area contributed by atoms with Crippen LogP contribution < -0.4 is 49.0 Å². The van der Waals surface area contributed by atoms with Crippen LogP contribution in [0, 0.1) is 62.3 Å². The van der Waals surface area contributed by atoms with Gasteiger partial charge in [0.1, 0.15) is 58.7 Å². The fourth-order valence-corrected chi connectivity index (χ4v) is 23.2. The van der Waals surface area contributed by atoms with E-state index in [0.717, 1.165) is 161 Å². The molecule has 0 spiro atoms. The van der Waals surface area contributed by atoms with Gasteiger partial charge in [0, 0.05) is 97.4 Å². The molecule has 12 heterocycles.